The number of hydrogen-bond acceptors (Lipinski definition) is 4. The van der Waals surface area contributed by atoms with E-state index < -0.39 is 11.5 Å². The van der Waals surface area contributed by atoms with Gasteiger partial charge in [-0.2, -0.15) is 0 Å². The number of carbonyl (C=O) groups is 1. The van der Waals surface area contributed by atoms with Crippen molar-refractivity contribution in [3.8, 4) is 11.5 Å². The minimum Gasteiger partial charge on any atom is -0.493 e. The van der Waals surface area contributed by atoms with Gasteiger partial charge in [-0.05, 0) is 51.7 Å². The molecule has 0 aliphatic carbocycles. The number of nitrogens with two attached hydrogens (primary N) is 1. The lowest BCUT2D eigenvalue weighted by Gasteiger charge is -2.26. The second-order valence-electron chi connectivity index (χ2n) is 6.00. The highest BCUT2D eigenvalue weighted by Crippen LogP contribution is 2.33. The van der Waals surface area contributed by atoms with Crippen molar-refractivity contribution in [2.75, 3.05) is 13.2 Å². The van der Waals surface area contributed by atoms with Crippen molar-refractivity contribution in [1.29, 1.82) is 0 Å². The molecule has 2 unspecified atom stereocenters. The Bertz CT molecular complexity index is 489. The number of benzene rings is 1. The van der Waals surface area contributed by atoms with Crippen LogP contribution >= 0.6 is 0 Å². The maximum Gasteiger partial charge on any atom is 0.323 e. The summed E-state index contributed by atoms with van der Waals surface area (Å²) in [6.45, 7) is 8.64. The molecule has 0 saturated carbocycles. The van der Waals surface area contributed by atoms with Crippen molar-refractivity contribution in [2.45, 2.75) is 52.5 Å². The third-order valence-electron chi connectivity index (χ3n) is 3.96. The molecule has 130 valence electrons. The van der Waals surface area contributed by atoms with Crippen LogP contribution in [0.15, 0.2) is 18.2 Å². The Kier molecular flexibility index (Phi) is 7.36. The quantitative estimate of drug-likeness (QED) is 0.691. The van der Waals surface area contributed by atoms with Crippen molar-refractivity contribution in [2.24, 2.45) is 11.7 Å². The standard InChI is InChI=1S/C18H29NO4/c1-5-13(12-18(4,19)17(20)21)11-14-15(22-6-2)9-8-10-16(14)23-7-3/h8-10,13H,5-7,11-12,19H2,1-4H3,(H,20,21). The van der Waals surface area contributed by atoms with Crippen LogP contribution in [-0.2, 0) is 11.2 Å². The van der Waals surface area contributed by atoms with E-state index in [9.17, 15) is 9.90 Å². The molecule has 0 radical (unpaired) electrons. The molecule has 0 fully saturated rings. The van der Waals surface area contributed by atoms with Gasteiger partial charge in [0.2, 0.25) is 0 Å². The van der Waals surface area contributed by atoms with Gasteiger partial charge in [-0.15, -0.1) is 0 Å². The fourth-order valence-corrected chi connectivity index (χ4v) is 2.66. The molecule has 2 atom stereocenters. The molecule has 1 rings (SSSR count). The van der Waals surface area contributed by atoms with E-state index in [0.29, 0.717) is 26.1 Å². The number of carboxylic acid groups (broad SMARTS) is 1. The molecule has 0 bridgehead atoms. The van der Waals surface area contributed by atoms with Gasteiger partial charge in [0.15, 0.2) is 0 Å². The minimum absolute atomic E-state index is 0.141. The second kappa shape index (κ2) is 8.77. The highest BCUT2D eigenvalue weighted by molar-refractivity contribution is 5.77. The Labute approximate surface area is 138 Å². The highest BCUT2D eigenvalue weighted by Gasteiger charge is 2.31. The summed E-state index contributed by atoms with van der Waals surface area (Å²) in [5.74, 6) is 0.762. The number of rotatable bonds is 10. The van der Waals surface area contributed by atoms with Crippen molar-refractivity contribution in [3.05, 3.63) is 23.8 Å². The molecular formula is C18H29NO4. The van der Waals surface area contributed by atoms with Crippen LogP contribution in [-0.4, -0.2) is 29.8 Å². The van der Waals surface area contributed by atoms with Crippen molar-refractivity contribution < 1.29 is 19.4 Å². The van der Waals surface area contributed by atoms with Gasteiger partial charge in [-0.1, -0.05) is 19.4 Å². The topological polar surface area (TPSA) is 81.8 Å². The Morgan fingerprint density at radius 2 is 1.74 bits per heavy atom. The van der Waals surface area contributed by atoms with Crippen LogP contribution in [0.4, 0.5) is 0 Å². The summed E-state index contributed by atoms with van der Waals surface area (Å²) in [4.78, 5) is 11.3. The predicted molar refractivity (Wildman–Crippen MR) is 91.1 cm³/mol. The summed E-state index contributed by atoms with van der Waals surface area (Å²) >= 11 is 0. The molecule has 5 heteroatoms. The SMILES string of the molecule is CCOc1cccc(OCC)c1CC(CC)CC(C)(N)C(=O)O. The van der Waals surface area contributed by atoms with Gasteiger partial charge in [0.1, 0.15) is 17.0 Å². The summed E-state index contributed by atoms with van der Waals surface area (Å²) in [7, 11) is 0. The lowest BCUT2D eigenvalue weighted by Crippen LogP contribution is -2.46. The molecule has 5 nitrogen and oxygen atoms in total. The lowest BCUT2D eigenvalue weighted by atomic mass is 9.84. The Morgan fingerprint density at radius 1 is 1.22 bits per heavy atom. The average Bonchev–Trinajstić information content (AvgIpc) is 2.49. The molecule has 23 heavy (non-hydrogen) atoms. The third-order valence-corrected chi connectivity index (χ3v) is 3.96. The number of carboxylic acids is 1. The zero-order valence-electron chi connectivity index (χ0n) is 14.6. The van der Waals surface area contributed by atoms with Crippen LogP contribution < -0.4 is 15.2 Å². The monoisotopic (exact) mass is 323 g/mol. The van der Waals surface area contributed by atoms with Gasteiger partial charge in [0.25, 0.3) is 0 Å². The van der Waals surface area contributed by atoms with E-state index in [-0.39, 0.29) is 5.92 Å². The smallest absolute Gasteiger partial charge is 0.323 e. The molecule has 0 aromatic heterocycles. The number of aliphatic carboxylic acids is 1. The van der Waals surface area contributed by atoms with Gasteiger partial charge in [-0.25, -0.2) is 0 Å². The zero-order valence-corrected chi connectivity index (χ0v) is 14.6. The molecule has 0 spiro atoms. The molecule has 0 saturated heterocycles. The third kappa shape index (κ3) is 5.43. The fraction of sp³-hybridized carbons (Fsp3) is 0.611. The first kappa shape index (κ1) is 19.3. The average molecular weight is 323 g/mol. The minimum atomic E-state index is -1.23. The summed E-state index contributed by atoms with van der Waals surface area (Å²) < 4.78 is 11.4. The first-order valence-electron chi connectivity index (χ1n) is 8.25. The van der Waals surface area contributed by atoms with E-state index in [1.165, 1.54) is 0 Å². The second-order valence-corrected chi connectivity index (χ2v) is 6.00. The predicted octanol–water partition coefficient (Wildman–Crippen LogP) is 3.24. The summed E-state index contributed by atoms with van der Waals surface area (Å²) in [6.07, 6.45) is 1.93. The van der Waals surface area contributed by atoms with Crippen LogP contribution in [0.2, 0.25) is 0 Å². The van der Waals surface area contributed by atoms with Crippen LogP contribution in [0.1, 0.15) is 46.1 Å². The molecule has 0 amide bonds. The maximum atomic E-state index is 11.3. The zero-order chi connectivity index (χ0) is 17.5. The van der Waals surface area contributed by atoms with E-state index in [2.05, 4.69) is 0 Å². The Balaban J connectivity index is 3.05. The lowest BCUT2D eigenvalue weighted by molar-refractivity contribution is -0.143. The molecular weight excluding hydrogens is 294 g/mol. The van der Waals surface area contributed by atoms with Crippen molar-refractivity contribution >= 4 is 5.97 Å². The van der Waals surface area contributed by atoms with Crippen LogP contribution in [0, 0.1) is 5.92 Å². The first-order valence-corrected chi connectivity index (χ1v) is 8.25. The molecule has 0 heterocycles. The molecule has 1 aromatic rings. The molecule has 1 aromatic carbocycles. The summed E-state index contributed by atoms with van der Waals surface area (Å²) in [5, 5.41) is 9.26. The van der Waals surface area contributed by atoms with E-state index >= 15 is 0 Å². The van der Waals surface area contributed by atoms with Crippen molar-refractivity contribution in [3.63, 3.8) is 0 Å². The van der Waals surface area contributed by atoms with Crippen LogP contribution in [0.25, 0.3) is 0 Å². The number of hydrogen-bond donors (Lipinski definition) is 2. The van der Waals surface area contributed by atoms with Gasteiger partial charge < -0.3 is 20.3 Å². The van der Waals surface area contributed by atoms with Crippen molar-refractivity contribution in [1.82, 2.24) is 0 Å². The Hall–Kier alpha value is -1.75. The fourth-order valence-electron chi connectivity index (χ4n) is 2.66. The summed E-state index contributed by atoms with van der Waals surface area (Å²) in [5.41, 5.74) is 5.68. The Morgan fingerprint density at radius 3 is 2.13 bits per heavy atom. The molecule has 0 aliphatic rings. The van der Waals surface area contributed by atoms with Gasteiger partial charge >= 0.3 is 5.97 Å². The van der Waals surface area contributed by atoms with Crippen LogP contribution in [0.3, 0.4) is 0 Å². The highest BCUT2D eigenvalue weighted by atomic mass is 16.5. The van der Waals surface area contributed by atoms with Crippen LogP contribution in [0.5, 0.6) is 11.5 Å². The van der Waals surface area contributed by atoms with Gasteiger partial charge in [0.05, 0.1) is 13.2 Å². The van der Waals surface area contributed by atoms with E-state index in [1.54, 1.807) is 6.92 Å². The van der Waals surface area contributed by atoms with E-state index in [4.69, 9.17) is 15.2 Å². The largest absolute Gasteiger partial charge is 0.493 e. The molecule has 0 aliphatic heterocycles. The maximum absolute atomic E-state index is 11.3. The van der Waals surface area contributed by atoms with Gasteiger partial charge in [0, 0.05) is 5.56 Å². The van der Waals surface area contributed by atoms with E-state index in [0.717, 1.165) is 23.5 Å². The molecule has 3 N–H and O–H groups in total. The summed E-state index contributed by atoms with van der Waals surface area (Å²) in [6, 6.07) is 5.75. The first-order chi connectivity index (χ1) is 10.9. The normalized spacial score (nSPS) is 14.8. The van der Waals surface area contributed by atoms with E-state index in [1.807, 2.05) is 39.0 Å². The van der Waals surface area contributed by atoms with Gasteiger partial charge in [-0.3, -0.25) is 4.79 Å². The number of ether oxygens (including phenoxy) is 2.